The average Bonchev–Trinajstić information content (AvgIpc) is 2.49. The summed E-state index contributed by atoms with van der Waals surface area (Å²) in [5.74, 6) is 0. The van der Waals surface area contributed by atoms with Crippen molar-refractivity contribution in [2.24, 2.45) is 0 Å². The molecule has 0 saturated carbocycles. The third-order valence-corrected chi connectivity index (χ3v) is 4.70. The zero-order valence-corrected chi connectivity index (χ0v) is 12.3. The predicted octanol–water partition coefficient (Wildman–Crippen LogP) is 2.58. The van der Waals surface area contributed by atoms with Gasteiger partial charge in [0, 0.05) is 12.6 Å². The molecule has 1 fully saturated rings. The quantitative estimate of drug-likeness (QED) is 0.296. The molecule has 1 atom stereocenters. The van der Waals surface area contributed by atoms with Gasteiger partial charge in [0.05, 0.1) is 0 Å². The van der Waals surface area contributed by atoms with Crippen LogP contribution < -0.4 is 0 Å². The van der Waals surface area contributed by atoms with Crippen molar-refractivity contribution in [1.82, 2.24) is 4.90 Å². The predicted molar refractivity (Wildman–Crippen MR) is 79.5 cm³/mol. The van der Waals surface area contributed by atoms with E-state index >= 15 is 0 Å². The lowest BCUT2D eigenvalue weighted by Gasteiger charge is -2.21. The van der Waals surface area contributed by atoms with Crippen LogP contribution >= 0.6 is 24.0 Å². The van der Waals surface area contributed by atoms with Gasteiger partial charge in [0.15, 0.2) is 0 Å². The van der Waals surface area contributed by atoms with Gasteiger partial charge >= 0.3 is 0 Å². The molecule has 1 saturated heterocycles. The van der Waals surface area contributed by atoms with Gasteiger partial charge in [0.1, 0.15) is 9.07 Å². The molecule has 1 unspecified atom stereocenters. The van der Waals surface area contributed by atoms with Crippen LogP contribution in [0.25, 0.3) is 0 Å². The summed E-state index contributed by atoms with van der Waals surface area (Å²) < 4.78 is 1.92. The number of rotatable bonds is 2. The van der Waals surface area contributed by atoms with Crippen molar-refractivity contribution in [3.05, 3.63) is 35.9 Å². The second kappa shape index (κ2) is 4.90. The van der Waals surface area contributed by atoms with Crippen molar-refractivity contribution in [2.75, 3.05) is 7.05 Å². The van der Waals surface area contributed by atoms with Gasteiger partial charge in [-0.25, -0.2) is 0 Å². The van der Waals surface area contributed by atoms with E-state index in [0.29, 0.717) is 0 Å². The van der Waals surface area contributed by atoms with E-state index in [0.717, 1.165) is 9.88 Å². The van der Waals surface area contributed by atoms with Crippen molar-refractivity contribution in [3.63, 3.8) is 0 Å². The smallest absolute Gasteiger partial charge is 0.292 e. The molecule has 2 rings (SSSR count). The summed E-state index contributed by atoms with van der Waals surface area (Å²) in [4.78, 5) is 1.93. The molecule has 0 bridgehead atoms. The van der Waals surface area contributed by atoms with Crippen LogP contribution in [-0.4, -0.2) is 43.3 Å². The van der Waals surface area contributed by atoms with Gasteiger partial charge < -0.3 is 0 Å². The number of benzene rings is 1. The van der Waals surface area contributed by atoms with Gasteiger partial charge in [-0.2, -0.15) is 0 Å². The van der Waals surface area contributed by atoms with Gasteiger partial charge in [-0.15, -0.1) is 0 Å². The minimum Gasteiger partial charge on any atom is -0.298 e. The van der Waals surface area contributed by atoms with Crippen LogP contribution in [0.4, 0.5) is 0 Å². The fourth-order valence-electron chi connectivity index (χ4n) is 2.17. The Morgan fingerprint density at radius 1 is 1.39 bits per heavy atom. The van der Waals surface area contributed by atoms with E-state index in [2.05, 4.69) is 13.8 Å². The minimum atomic E-state index is -0.157. The highest BCUT2D eigenvalue weighted by atomic mass is 32.2. The molecule has 1 aliphatic rings. The molecule has 18 heavy (non-hydrogen) atoms. The van der Waals surface area contributed by atoms with E-state index in [-0.39, 0.29) is 10.9 Å². The second-order valence-electron chi connectivity index (χ2n) is 4.88. The molecule has 0 aliphatic carbocycles. The maximum atomic E-state index is 10.3. The van der Waals surface area contributed by atoms with Crippen molar-refractivity contribution < 1.29 is 9.95 Å². The molecule has 1 aromatic carbocycles. The number of thioether (sulfide) groups is 1. The topological polar surface area (TPSA) is 26.5 Å². The minimum absolute atomic E-state index is 0.147. The van der Waals surface area contributed by atoms with Crippen molar-refractivity contribution in [2.45, 2.75) is 24.8 Å². The number of thiocarbonyl (C=S) groups is 1. The van der Waals surface area contributed by atoms with E-state index in [9.17, 15) is 5.21 Å². The number of hydrogen-bond acceptors (Lipinski definition) is 3. The summed E-state index contributed by atoms with van der Waals surface area (Å²) in [6.45, 7) is 4.17. The first-order valence-electron chi connectivity index (χ1n) is 5.75. The second-order valence-corrected chi connectivity index (χ2v) is 7.16. The third kappa shape index (κ3) is 2.52. The maximum absolute atomic E-state index is 10.3. The van der Waals surface area contributed by atoms with E-state index in [1.807, 2.05) is 42.3 Å². The number of nitrogens with zero attached hydrogens (tertiary/aromatic N) is 2. The summed E-state index contributed by atoms with van der Waals surface area (Å²) in [6, 6.07) is 9.76. The van der Waals surface area contributed by atoms with Crippen LogP contribution in [0.15, 0.2) is 30.3 Å². The lowest BCUT2D eigenvalue weighted by atomic mass is 10.1. The van der Waals surface area contributed by atoms with Gasteiger partial charge in [0.25, 0.3) is 6.17 Å². The molecule has 1 aliphatic heterocycles. The molecular formula is C13H17N2OS2+. The van der Waals surface area contributed by atoms with Crippen LogP contribution in [0.5, 0.6) is 0 Å². The average molecular weight is 281 g/mol. The molecule has 5 heteroatoms. The lowest BCUT2D eigenvalue weighted by molar-refractivity contribution is -0.807. The summed E-state index contributed by atoms with van der Waals surface area (Å²) in [6.07, 6.45) is 1.58. The van der Waals surface area contributed by atoms with Crippen molar-refractivity contribution >= 4 is 34.5 Å². The van der Waals surface area contributed by atoms with E-state index in [1.54, 1.807) is 18.0 Å². The van der Waals surface area contributed by atoms with E-state index in [4.69, 9.17) is 12.2 Å². The summed E-state index contributed by atoms with van der Waals surface area (Å²) >= 11 is 6.90. The number of hydroxylamine groups is 1. The number of hydrogen-bond donors (Lipinski definition) is 1. The molecule has 0 amide bonds. The van der Waals surface area contributed by atoms with Gasteiger partial charge in [0.2, 0.25) is 6.21 Å². The Hall–Kier alpha value is -1.07. The summed E-state index contributed by atoms with van der Waals surface area (Å²) in [5.41, 5.74) is 0.965. The molecule has 1 N–H and O–H groups in total. The molecule has 96 valence electrons. The highest BCUT2D eigenvalue weighted by Gasteiger charge is 2.51. The standard InChI is InChI=1S/C13H17N2OS2/c1-13(2)11(14(3)12(17)18-13)15(16)9-10-7-5-4-6-8-10/h4-9,11,16H,1-3H3/q+1. The van der Waals surface area contributed by atoms with Gasteiger partial charge in [-0.3, -0.25) is 10.1 Å². The van der Waals surface area contributed by atoms with Crippen LogP contribution in [0.3, 0.4) is 0 Å². The van der Waals surface area contributed by atoms with Crippen LogP contribution in [0.2, 0.25) is 0 Å². The van der Waals surface area contributed by atoms with Gasteiger partial charge in [-0.05, 0) is 30.7 Å². The molecular weight excluding hydrogens is 264 g/mol. The highest BCUT2D eigenvalue weighted by Crippen LogP contribution is 2.40. The largest absolute Gasteiger partial charge is 0.298 e. The molecule has 1 heterocycles. The molecule has 3 nitrogen and oxygen atoms in total. The summed E-state index contributed by atoms with van der Waals surface area (Å²) in [7, 11) is 1.91. The first kappa shape index (κ1) is 13.4. The molecule has 0 aromatic heterocycles. The van der Waals surface area contributed by atoms with E-state index in [1.165, 1.54) is 4.74 Å². The fraction of sp³-hybridized carbons (Fsp3) is 0.385. The Morgan fingerprint density at radius 3 is 2.50 bits per heavy atom. The summed E-state index contributed by atoms with van der Waals surface area (Å²) in [5, 5.41) is 10.3. The Bertz CT molecular complexity index is 485. The van der Waals surface area contributed by atoms with Crippen LogP contribution in [0, 0.1) is 0 Å². The highest BCUT2D eigenvalue weighted by molar-refractivity contribution is 8.24. The molecule has 0 spiro atoms. The first-order valence-corrected chi connectivity index (χ1v) is 6.97. The van der Waals surface area contributed by atoms with Crippen molar-refractivity contribution in [1.29, 1.82) is 0 Å². The third-order valence-electron chi connectivity index (χ3n) is 2.96. The fourth-order valence-corrected chi connectivity index (χ4v) is 3.98. The Labute approximate surface area is 117 Å². The SMILES string of the molecule is CN1C(=S)SC(C)(C)C1[N+](O)=Cc1ccccc1. The maximum Gasteiger partial charge on any atom is 0.292 e. The van der Waals surface area contributed by atoms with Crippen LogP contribution in [0.1, 0.15) is 19.4 Å². The zero-order chi connectivity index (χ0) is 13.3. The van der Waals surface area contributed by atoms with Gasteiger partial charge in [-0.1, -0.05) is 42.2 Å². The molecule has 1 aromatic rings. The lowest BCUT2D eigenvalue weighted by Crippen LogP contribution is -2.47. The Balaban J connectivity index is 2.31. The normalized spacial score (nSPS) is 23.5. The van der Waals surface area contributed by atoms with Crippen molar-refractivity contribution in [3.8, 4) is 0 Å². The Morgan fingerprint density at radius 2 is 2.00 bits per heavy atom. The van der Waals surface area contributed by atoms with Crippen LogP contribution in [-0.2, 0) is 0 Å². The monoisotopic (exact) mass is 281 g/mol. The zero-order valence-electron chi connectivity index (χ0n) is 10.7. The Kier molecular flexibility index (Phi) is 3.64. The van der Waals surface area contributed by atoms with E-state index < -0.39 is 0 Å². The first-order chi connectivity index (χ1) is 8.42. The molecule has 0 radical (unpaired) electrons.